The second-order valence-electron chi connectivity index (χ2n) is 6.97. The van der Waals surface area contributed by atoms with Gasteiger partial charge in [-0.15, -0.1) is 0 Å². The minimum Gasteiger partial charge on any atom is -0.465 e. The topological polar surface area (TPSA) is 46.2 Å². The van der Waals surface area contributed by atoms with E-state index in [2.05, 4.69) is 51.6 Å². The monoisotopic (exact) mass is 350 g/mol. The maximum absolute atomic E-state index is 5.93. The molecule has 0 saturated carbocycles. The maximum Gasteiger partial charge on any atom is 0.122 e. The zero-order chi connectivity index (χ0) is 17.8. The van der Waals surface area contributed by atoms with Gasteiger partial charge < -0.3 is 14.3 Å². The molecule has 136 valence electrons. The van der Waals surface area contributed by atoms with E-state index >= 15 is 0 Å². The lowest BCUT2D eigenvalue weighted by Gasteiger charge is -2.26. The summed E-state index contributed by atoms with van der Waals surface area (Å²) in [6.45, 7) is 6.08. The molecule has 0 radical (unpaired) electrons. The molecule has 1 atom stereocenters. The summed E-state index contributed by atoms with van der Waals surface area (Å²) in [6, 6.07) is 13.1. The van der Waals surface area contributed by atoms with E-state index in [-0.39, 0.29) is 0 Å². The number of rotatable bonds is 7. The molecular weight excluding hydrogens is 324 g/mol. The van der Waals surface area contributed by atoms with Crippen LogP contribution < -0.4 is 5.32 Å². The van der Waals surface area contributed by atoms with Crippen molar-refractivity contribution in [1.29, 1.82) is 0 Å². The summed E-state index contributed by atoms with van der Waals surface area (Å²) in [5, 5.41) is 3.62. The van der Waals surface area contributed by atoms with E-state index in [4.69, 9.17) is 4.42 Å². The molecule has 0 amide bonds. The molecule has 1 aromatic carbocycles. The second-order valence-corrected chi connectivity index (χ2v) is 6.97. The van der Waals surface area contributed by atoms with E-state index in [1.165, 1.54) is 18.4 Å². The van der Waals surface area contributed by atoms with Crippen molar-refractivity contribution in [3.8, 4) is 5.69 Å². The number of likely N-dealkylation sites (tertiary alicyclic amines) is 1. The average molecular weight is 350 g/mol. The summed E-state index contributed by atoms with van der Waals surface area (Å²) in [4.78, 5) is 6.63. The summed E-state index contributed by atoms with van der Waals surface area (Å²) < 4.78 is 7.94. The van der Waals surface area contributed by atoms with Crippen LogP contribution >= 0.6 is 0 Å². The Kier molecular flexibility index (Phi) is 5.18. The van der Waals surface area contributed by atoms with Crippen molar-refractivity contribution in [3.63, 3.8) is 0 Å². The summed E-state index contributed by atoms with van der Waals surface area (Å²) in [5.41, 5.74) is 2.41. The number of nitrogens with one attached hydrogen (secondary N) is 1. The Morgan fingerprint density at radius 2 is 1.92 bits per heavy atom. The number of hydrogen-bond donors (Lipinski definition) is 1. The molecule has 26 heavy (non-hydrogen) atoms. The van der Waals surface area contributed by atoms with Crippen molar-refractivity contribution in [2.75, 3.05) is 19.6 Å². The third kappa shape index (κ3) is 3.89. The predicted molar refractivity (Wildman–Crippen MR) is 102 cm³/mol. The molecule has 2 aromatic heterocycles. The molecule has 1 saturated heterocycles. The number of furan rings is 1. The molecule has 1 aliphatic heterocycles. The van der Waals surface area contributed by atoms with Gasteiger partial charge in [0.15, 0.2) is 0 Å². The normalized spacial score (nSPS) is 16.2. The fraction of sp³-hybridized carbons (Fsp3) is 0.381. The Bertz CT molecular complexity index is 801. The highest BCUT2D eigenvalue weighted by atomic mass is 16.3. The zero-order valence-corrected chi connectivity index (χ0v) is 15.3. The first-order chi connectivity index (χ1) is 12.8. The van der Waals surface area contributed by atoms with Gasteiger partial charge in [-0.3, -0.25) is 4.90 Å². The third-order valence-corrected chi connectivity index (χ3v) is 5.08. The van der Waals surface area contributed by atoms with Gasteiger partial charge in [-0.1, -0.05) is 12.1 Å². The standard InChI is InChI=1S/C21H26N4O/c1-17-4-9-21(26-17)20(24-11-2-3-12-24)15-23-14-18-5-7-19(8-6-18)25-13-10-22-16-25/h4-10,13,16,20,23H,2-3,11-12,14-15H2,1H3. The van der Waals surface area contributed by atoms with Crippen molar-refractivity contribution in [3.05, 3.63) is 72.2 Å². The largest absolute Gasteiger partial charge is 0.465 e. The van der Waals surface area contributed by atoms with Gasteiger partial charge in [0.2, 0.25) is 0 Å². The highest BCUT2D eigenvalue weighted by Gasteiger charge is 2.25. The van der Waals surface area contributed by atoms with Crippen LogP contribution in [0.3, 0.4) is 0 Å². The van der Waals surface area contributed by atoms with Crippen LogP contribution in [0.4, 0.5) is 0 Å². The Morgan fingerprint density at radius 3 is 2.58 bits per heavy atom. The molecule has 1 aliphatic rings. The van der Waals surface area contributed by atoms with Crippen LogP contribution in [0.5, 0.6) is 0 Å². The first-order valence-electron chi connectivity index (χ1n) is 9.38. The Balaban J connectivity index is 1.37. The Labute approximate surface area is 154 Å². The Morgan fingerprint density at radius 1 is 1.12 bits per heavy atom. The van der Waals surface area contributed by atoms with Crippen molar-refractivity contribution < 1.29 is 4.42 Å². The minimum absolute atomic E-state index is 0.316. The maximum atomic E-state index is 5.93. The first kappa shape index (κ1) is 17.1. The highest BCUT2D eigenvalue weighted by molar-refractivity contribution is 5.34. The summed E-state index contributed by atoms with van der Waals surface area (Å²) in [5.74, 6) is 2.06. The summed E-state index contributed by atoms with van der Waals surface area (Å²) in [6.07, 6.45) is 8.14. The van der Waals surface area contributed by atoms with Crippen molar-refractivity contribution in [2.45, 2.75) is 32.4 Å². The molecule has 1 unspecified atom stereocenters. The van der Waals surface area contributed by atoms with Gasteiger partial charge >= 0.3 is 0 Å². The Hall–Kier alpha value is -2.37. The van der Waals surface area contributed by atoms with Crippen molar-refractivity contribution in [2.24, 2.45) is 0 Å². The van der Waals surface area contributed by atoms with Crippen molar-refractivity contribution >= 4 is 0 Å². The smallest absolute Gasteiger partial charge is 0.122 e. The van der Waals surface area contributed by atoms with Crippen LogP contribution in [0.25, 0.3) is 5.69 Å². The molecule has 5 nitrogen and oxygen atoms in total. The van der Waals surface area contributed by atoms with Crippen LogP contribution in [-0.4, -0.2) is 34.1 Å². The van der Waals surface area contributed by atoms with E-state index in [0.717, 1.165) is 43.4 Å². The van der Waals surface area contributed by atoms with Gasteiger partial charge in [0.05, 0.1) is 12.4 Å². The number of aryl methyl sites for hydroxylation is 1. The number of imidazole rings is 1. The first-order valence-corrected chi connectivity index (χ1v) is 9.38. The minimum atomic E-state index is 0.316. The molecule has 0 aliphatic carbocycles. The van der Waals surface area contributed by atoms with Crippen LogP contribution in [0.15, 0.2) is 59.5 Å². The number of benzene rings is 1. The lowest BCUT2D eigenvalue weighted by molar-refractivity contribution is 0.207. The van der Waals surface area contributed by atoms with Gasteiger partial charge in [0, 0.05) is 31.2 Å². The zero-order valence-electron chi connectivity index (χ0n) is 15.3. The molecule has 3 heterocycles. The van der Waals surface area contributed by atoms with E-state index in [1.807, 2.05) is 24.0 Å². The van der Waals surface area contributed by atoms with Crippen molar-refractivity contribution in [1.82, 2.24) is 19.8 Å². The molecule has 1 N–H and O–H groups in total. The predicted octanol–water partition coefficient (Wildman–Crippen LogP) is 3.70. The SMILES string of the molecule is Cc1ccc(C(CNCc2ccc(-n3ccnc3)cc2)N2CCCC2)o1. The molecule has 3 aromatic rings. The average Bonchev–Trinajstić information content (AvgIpc) is 3.42. The van der Waals surface area contributed by atoms with E-state index < -0.39 is 0 Å². The molecule has 0 bridgehead atoms. The lowest BCUT2D eigenvalue weighted by Crippen LogP contribution is -2.33. The fourth-order valence-corrected chi connectivity index (χ4v) is 3.65. The molecule has 0 spiro atoms. The van der Waals surface area contributed by atoms with Gasteiger partial charge in [-0.25, -0.2) is 4.98 Å². The van der Waals surface area contributed by atoms with Crippen LogP contribution in [0.2, 0.25) is 0 Å². The number of nitrogens with zero attached hydrogens (tertiary/aromatic N) is 3. The van der Waals surface area contributed by atoms with Gasteiger partial charge in [0.25, 0.3) is 0 Å². The third-order valence-electron chi connectivity index (χ3n) is 5.08. The highest BCUT2D eigenvalue weighted by Crippen LogP contribution is 2.26. The quantitative estimate of drug-likeness (QED) is 0.706. The van der Waals surface area contributed by atoms with E-state index in [0.29, 0.717) is 6.04 Å². The number of aromatic nitrogens is 2. The second kappa shape index (κ2) is 7.89. The van der Waals surface area contributed by atoms with Crippen LogP contribution in [-0.2, 0) is 6.54 Å². The van der Waals surface area contributed by atoms with Crippen LogP contribution in [0, 0.1) is 6.92 Å². The summed E-state index contributed by atoms with van der Waals surface area (Å²) in [7, 11) is 0. The summed E-state index contributed by atoms with van der Waals surface area (Å²) >= 11 is 0. The van der Waals surface area contributed by atoms with Gasteiger partial charge in [-0.2, -0.15) is 0 Å². The van der Waals surface area contributed by atoms with Crippen LogP contribution in [0.1, 0.15) is 36.0 Å². The molecule has 1 fully saturated rings. The number of hydrogen-bond acceptors (Lipinski definition) is 4. The molecule has 5 heteroatoms. The fourth-order valence-electron chi connectivity index (χ4n) is 3.65. The molecule has 4 rings (SSSR count). The molecular formula is C21H26N4O. The lowest BCUT2D eigenvalue weighted by atomic mass is 10.1. The van der Waals surface area contributed by atoms with Gasteiger partial charge in [-0.05, 0) is 62.7 Å². The van der Waals surface area contributed by atoms with Gasteiger partial charge in [0.1, 0.15) is 11.5 Å². The van der Waals surface area contributed by atoms with E-state index in [1.54, 1.807) is 6.20 Å². The van der Waals surface area contributed by atoms with E-state index in [9.17, 15) is 0 Å².